The lowest BCUT2D eigenvalue weighted by molar-refractivity contribution is -0.139. The summed E-state index contributed by atoms with van der Waals surface area (Å²) < 4.78 is 5.14. The quantitative estimate of drug-likeness (QED) is 0.766. The van der Waals surface area contributed by atoms with Gasteiger partial charge < -0.3 is 9.64 Å². The van der Waals surface area contributed by atoms with Gasteiger partial charge in [0.2, 0.25) is 5.91 Å². The van der Waals surface area contributed by atoms with Gasteiger partial charge in [0, 0.05) is 19.1 Å². The average molecular weight is 254 g/mol. The summed E-state index contributed by atoms with van der Waals surface area (Å²) in [4.78, 5) is 27.1. The van der Waals surface area contributed by atoms with Crippen molar-refractivity contribution in [1.82, 2.24) is 9.80 Å². The molecule has 0 bridgehead atoms. The van der Waals surface area contributed by atoms with Gasteiger partial charge >= 0.3 is 6.09 Å². The SMILES string of the molecule is CC(C)COC(=O)N1CCN(C2CCC2)C(=O)C1. The van der Waals surface area contributed by atoms with E-state index in [1.165, 1.54) is 11.3 Å². The van der Waals surface area contributed by atoms with Gasteiger partial charge in [0.05, 0.1) is 6.61 Å². The van der Waals surface area contributed by atoms with Crippen LogP contribution in [0, 0.1) is 5.92 Å². The molecule has 0 radical (unpaired) electrons. The summed E-state index contributed by atoms with van der Waals surface area (Å²) in [5.41, 5.74) is 0. The van der Waals surface area contributed by atoms with Crippen molar-refractivity contribution >= 4 is 12.0 Å². The molecule has 2 amide bonds. The molecule has 0 N–H and O–H groups in total. The molecule has 0 aromatic carbocycles. The molecule has 0 atom stereocenters. The van der Waals surface area contributed by atoms with E-state index in [0.29, 0.717) is 31.7 Å². The highest BCUT2D eigenvalue weighted by molar-refractivity contribution is 5.83. The second kappa shape index (κ2) is 5.59. The fraction of sp³-hybridized carbons (Fsp3) is 0.846. The van der Waals surface area contributed by atoms with E-state index >= 15 is 0 Å². The van der Waals surface area contributed by atoms with E-state index in [-0.39, 0.29) is 18.5 Å². The van der Waals surface area contributed by atoms with Crippen LogP contribution in [0.4, 0.5) is 4.79 Å². The number of carbonyl (C=O) groups is 2. The second-order valence-corrected chi connectivity index (χ2v) is 5.56. The maximum Gasteiger partial charge on any atom is 0.410 e. The Morgan fingerprint density at radius 1 is 1.39 bits per heavy atom. The van der Waals surface area contributed by atoms with Gasteiger partial charge in [0.25, 0.3) is 0 Å². The lowest BCUT2D eigenvalue weighted by Gasteiger charge is -2.42. The normalized spacial score (nSPS) is 21.2. The fourth-order valence-corrected chi connectivity index (χ4v) is 2.26. The molecule has 0 aromatic heterocycles. The molecule has 1 heterocycles. The van der Waals surface area contributed by atoms with Crippen LogP contribution in [0.1, 0.15) is 33.1 Å². The minimum Gasteiger partial charge on any atom is -0.449 e. The molecule has 2 fully saturated rings. The summed E-state index contributed by atoms with van der Waals surface area (Å²) >= 11 is 0. The van der Waals surface area contributed by atoms with E-state index in [9.17, 15) is 9.59 Å². The van der Waals surface area contributed by atoms with Crippen molar-refractivity contribution in [3.8, 4) is 0 Å². The lowest BCUT2D eigenvalue weighted by atomic mass is 9.91. The standard InChI is InChI=1S/C13H22N2O3/c1-10(2)9-18-13(17)14-6-7-15(12(16)8-14)11-4-3-5-11/h10-11H,3-9H2,1-2H3. The van der Waals surface area contributed by atoms with Gasteiger partial charge in [0.1, 0.15) is 6.54 Å². The molecule has 18 heavy (non-hydrogen) atoms. The van der Waals surface area contributed by atoms with Crippen LogP contribution in [0.5, 0.6) is 0 Å². The Kier molecular flexibility index (Phi) is 4.09. The highest BCUT2D eigenvalue weighted by atomic mass is 16.6. The Balaban J connectivity index is 1.80. The second-order valence-electron chi connectivity index (χ2n) is 5.56. The number of amides is 2. The van der Waals surface area contributed by atoms with Crippen LogP contribution in [-0.4, -0.2) is 54.1 Å². The smallest absolute Gasteiger partial charge is 0.410 e. The third kappa shape index (κ3) is 2.94. The van der Waals surface area contributed by atoms with Gasteiger partial charge in [-0.2, -0.15) is 0 Å². The first-order chi connectivity index (χ1) is 8.58. The summed E-state index contributed by atoms with van der Waals surface area (Å²) in [6.07, 6.45) is 3.09. The van der Waals surface area contributed by atoms with E-state index in [1.54, 1.807) is 0 Å². The highest BCUT2D eigenvalue weighted by Gasteiger charge is 2.34. The first-order valence-electron chi connectivity index (χ1n) is 6.79. The monoisotopic (exact) mass is 254 g/mol. The Hall–Kier alpha value is -1.26. The number of ether oxygens (including phenoxy) is 1. The Labute approximate surface area is 108 Å². The van der Waals surface area contributed by atoms with Crippen LogP contribution in [0.15, 0.2) is 0 Å². The molecule has 1 aliphatic heterocycles. The van der Waals surface area contributed by atoms with Crippen molar-refractivity contribution in [2.45, 2.75) is 39.2 Å². The number of piperazine rings is 1. The molecule has 5 heteroatoms. The zero-order chi connectivity index (χ0) is 13.1. The van der Waals surface area contributed by atoms with Crippen LogP contribution in [0.2, 0.25) is 0 Å². The number of rotatable bonds is 3. The Morgan fingerprint density at radius 2 is 2.11 bits per heavy atom. The number of hydrogen-bond donors (Lipinski definition) is 0. The lowest BCUT2D eigenvalue weighted by Crippen LogP contribution is -2.56. The molecular formula is C13H22N2O3. The van der Waals surface area contributed by atoms with Crippen molar-refractivity contribution in [3.05, 3.63) is 0 Å². The minimum atomic E-state index is -0.356. The van der Waals surface area contributed by atoms with Gasteiger partial charge in [-0.1, -0.05) is 13.8 Å². The Bertz CT molecular complexity index is 326. The van der Waals surface area contributed by atoms with Crippen molar-refractivity contribution < 1.29 is 14.3 Å². The van der Waals surface area contributed by atoms with Crippen molar-refractivity contribution in [3.63, 3.8) is 0 Å². The van der Waals surface area contributed by atoms with Gasteiger partial charge in [-0.3, -0.25) is 9.69 Å². The molecule has 2 rings (SSSR count). The van der Waals surface area contributed by atoms with Crippen LogP contribution in [0.25, 0.3) is 0 Å². The van der Waals surface area contributed by atoms with Gasteiger partial charge in [-0.25, -0.2) is 4.79 Å². The summed E-state index contributed by atoms with van der Waals surface area (Å²) in [5.74, 6) is 0.383. The molecule has 0 aromatic rings. The van der Waals surface area contributed by atoms with E-state index in [1.807, 2.05) is 18.7 Å². The van der Waals surface area contributed by atoms with E-state index in [4.69, 9.17) is 4.74 Å². The maximum absolute atomic E-state index is 12.0. The molecule has 1 saturated carbocycles. The topological polar surface area (TPSA) is 49.9 Å². The molecule has 0 spiro atoms. The zero-order valence-corrected chi connectivity index (χ0v) is 11.2. The summed E-state index contributed by atoms with van der Waals surface area (Å²) in [7, 11) is 0. The fourth-order valence-electron chi connectivity index (χ4n) is 2.26. The Morgan fingerprint density at radius 3 is 2.61 bits per heavy atom. The van der Waals surface area contributed by atoms with Crippen molar-refractivity contribution in [2.24, 2.45) is 5.92 Å². The average Bonchev–Trinajstić information content (AvgIpc) is 2.26. The third-order valence-corrected chi connectivity index (χ3v) is 3.57. The molecule has 1 aliphatic carbocycles. The van der Waals surface area contributed by atoms with Crippen LogP contribution >= 0.6 is 0 Å². The molecular weight excluding hydrogens is 232 g/mol. The predicted molar refractivity (Wildman–Crippen MR) is 67.1 cm³/mol. The number of nitrogens with zero attached hydrogens (tertiary/aromatic N) is 2. The van der Waals surface area contributed by atoms with Crippen LogP contribution in [0.3, 0.4) is 0 Å². The first-order valence-corrected chi connectivity index (χ1v) is 6.79. The van der Waals surface area contributed by atoms with Crippen molar-refractivity contribution in [1.29, 1.82) is 0 Å². The van der Waals surface area contributed by atoms with Crippen LogP contribution in [-0.2, 0) is 9.53 Å². The highest BCUT2D eigenvalue weighted by Crippen LogP contribution is 2.26. The van der Waals surface area contributed by atoms with Gasteiger partial charge in [-0.15, -0.1) is 0 Å². The molecule has 102 valence electrons. The minimum absolute atomic E-state index is 0.0625. The van der Waals surface area contributed by atoms with Gasteiger partial charge in [0.15, 0.2) is 0 Å². The third-order valence-electron chi connectivity index (χ3n) is 3.57. The summed E-state index contributed by atoms with van der Waals surface area (Å²) in [5, 5.41) is 0. The molecule has 0 unspecified atom stereocenters. The number of hydrogen-bond acceptors (Lipinski definition) is 3. The largest absolute Gasteiger partial charge is 0.449 e. The molecule has 2 aliphatic rings. The van der Waals surface area contributed by atoms with Gasteiger partial charge in [-0.05, 0) is 25.2 Å². The molecule has 5 nitrogen and oxygen atoms in total. The number of carbonyl (C=O) groups excluding carboxylic acids is 2. The first kappa shape index (κ1) is 13.2. The predicted octanol–water partition coefficient (Wildman–Crippen LogP) is 1.48. The molecule has 1 saturated heterocycles. The summed E-state index contributed by atoms with van der Waals surface area (Å²) in [6, 6.07) is 0.423. The van der Waals surface area contributed by atoms with Crippen molar-refractivity contribution in [2.75, 3.05) is 26.2 Å². The van der Waals surface area contributed by atoms with E-state index in [0.717, 1.165) is 12.8 Å². The summed E-state index contributed by atoms with van der Waals surface area (Å²) in [6.45, 7) is 5.82. The maximum atomic E-state index is 12.0. The zero-order valence-electron chi connectivity index (χ0n) is 11.2. The van der Waals surface area contributed by atoms with E-state index < -0.39 is 0 Å². The van der Waals surface area contributed by atoms with Crippen LogP contribution < -0.4 is 0 Å². The van der Waals surface area contributed by atoms with E-state index in [2.05, 4.69) is 0 Å².